The van der Waals surface area contributed by atoms with Crippen LogP contribution in [-0.4, -0.2) is 15.4 Å². The number of aryl methyl sites for hydroxylation is 2. The van der Waals surface area contributed by atoms with E-state index in [1.165, 1.54) is 6.07 Å². The third kappa shape index (κ3) is 2.58. The summed E-state index contributed by atoms with van der Waals surface area (Å²) in [5.74, 6) is 0.885. The van der Waals surface area contributed by atoms with Crippen molar-refractivity contribution in [1.29, 1.82) is 0 Å². The minimum atomic E-state index is -0.314. The molecule has 2 aromatic carbocycles. The molecule has 0 saturated heterocycles. The molecule has 0 fully saturated rings. The van der Waals surface area contributed by atoms with Gasteiger partial charge in [-0.05, 0) is 52.7 Å². The van der Waals surface area contributed by atoms with Crippen LogP contribution in [0.3, 0.4) is 0 Å². The van der Waals surface area contributed by atoms with Crippen LogP contribution in [0, 0.1) is 12.7 Å². The number of halogens is 3. The van der Waals surface area contributed by atoms with Gasteiger partial charge >= 0.3 is 0 Å². The minimum absolute atomic E-state index is 0.314. The largest absolute Gasteiger partial charge is 0.295 e. The predicted molar refractivity (Wildman–Crippen MR) is 87.9 cm³/mol. The second kappa shape index (κ2) is 5.78. The lowest BCUT2D eigenvalue weighted by Crippen LogP contribution is -2.03. The highest BCUT2D eigenvalue weighted by Gasteiger charge is 2.16. The van der Waals surface area contributed by atoms with Crippen LogP contribution in [0.15, 0.2) is 40.9 Å². The summed E-state index contributed by atoms with van der Waals surface area (Å²) in [6, 6.07) is 11.1. The molecule has 1 heterocycles. The third-order valence-electron chi connectivity index (χ3n) is 3.37. The maximum Gasteiger partial charge on any atom is 0.151 e. The summed E-state index contributed by atoms with van der Waals surface area (Å²) in [4.78, 5) is 4.43. The summed E-state index contributed by atoms with van der Waals surface area (Å²) in [5.41, 5.74) is 3.21. The molecule has 0 N–H and O–H groups in total. The van der Waals surface area contributed by atoms with Gasteiger partial charge in [0.25, 0.3) is 0 Å². The number of nitrogens with zero attached hydrogens (tertiary/aromatic N) is 2. The fraction of sp³-hybridized carbons (Fsp3) is 0.188. The molecule has 0 aliphatic heterocycles. The van der Waals surface area contributed by atoms with Crippen molar-refractivity contribution in [3.63, 3.8) is 0 Å². The Hall–Kier alpha value is -1.39. The van der Waals surface area contributed by atoms with Crippen LogP contribution in [-0.2, 0) is 6.42 Å². The van der Waals surface area contributed by atoms with Crippen LogP contribution >= 0.6 is 27.5 Å². The molecule has 2 nitrogen and oxygen atoms in total. The number of hydrogen-bond donors (Lipinski definition) is 0. The predicted octanol–water partition coefficient (Wildman–Crippen LogP) is 5.02. The molecule has 0 amide bonds. The molecule has 0 saturated carbocycles. The number of para-hydroxylation sites is 1. The van der Waals surface area contributed by atoms with Crippen LogP contribution in [0.2, 0.25) is 0 Å². The fourth-order valence-corrected chi connectivity index (χ4v) is 3.02. The summed E-state index contributed by atoms with van der Waals surface area (Å²) in [6.07, 6.45) is 0.579. The summed E-state index contributed by atoms with van der Waals surface area (Å²) < 4.78 is 16.9. The summed E-state index contributed by atoms with van der Waals surface area (Å²) in [7, 11) is 0. The van der Waals surface area contributed by atoms with Gasteiger partial charge in [-0.3, -0.25) is 4.57 Å². The molecule has 0 atom stereocenters. The first-order valence-corrected chi connectivity index (χ1v) is 7.93. The lowest BCUT2D eigenvalue weighted by Gasteiger charge is -2.11. The number of aromatic nitrogens is 2. The molecule has 3 rings (SSSR count). The van der Waals surface area contributed by atoms with Crippen molar-refractivity contribution in [2.24, 2.45) is 0 Å². The second-order valence-electron chi connectivity index (χ2n) is 4.86. The molecule has 3 aromatic rings. The van der Waals surface area contributed by atoms with Gasteiger partial charge < -0.3 is 0 Å². The van der Waals surface area contributed by atoms with E-state index in [1.54, 1.807) is 6.07 Å². The van der Waals surface area contributed by atoms with E-state index in [-0.39, 0.29) is 5.82 Å². The zero-order chi connectivity index (χ0) is 15.0. The van der Waals surface area contributed by atoms with Gasteiger partial charge in [0, 0.05) is 16.8 Å². The molecule has 0 spiro atoms. The van der Waals surface area contributed by atoms with Crippen molar-refractivity contribution >= 4 is 38.6 Å². The van der Waals surface area contributed by atoms with Crippen molar-refractivity contribution in [2.45, 2.75) is 13.3 Å². The molecule has 0 radical (unpaired) electrons. The second-order valence-corrected chi connectivity index (χ2v) is 6.10. The van der Waals surface area contributed by atoms with E-state index in [1.807, 2.05) is 35.8 Å². The third-order valence-corrected chi connectivity index (χ3v) is 4.23. The Morgan fingerprint density at radius 1 is 1.29 bits per heavy atom. The number of alkyl halides is 1. The molecule has 0 aliphatic carbocycles. The molecular formula is C16H13BrClFN2. The van der Waals surface area contributed by atoms with Gasteiger partial charge in [0.15, 0.2) is 5.82 Å². The van der Waals surface area contributed by atoms with Crippen LogP contribution in [0.1, 0.15) is 11.4 Å². The number of benzene rings is 2. The number of imidazole rings is 1. The van der Waals surface area contributed by atoms with E-state index in [2.05, 4.69) is 20.9 Å². The van der Waals surface area contributed by atoms with Crippen molar-refractivity contribution in [2.75, 3.05) is 5.88 Å². The van der Waals surface area contributed by atoms with Gasteiger partial charge in [-0.1, -0.05) is 12.1 Å². The SMILES string of the molecule is Cc1ccc(Br)c(-n2c(CCCl)nc3c(F)cccc32)c1. The molecule has 0 bridgehead atoms. The standard InChI is InChI=1S/C16H13BrClFN2/c1-10-5-6-11(17)14(9-10)21-13-4-2-3-12(19)16(13)20-15(21)7-8-18/h2-6,9H,7-8H2,1H3. The Labute approximate surface area is 135 Å². The van der Waals surface area contributed by atoms with Crippen LogP contribution in [0.5, 0.6) is 0 Å². The number of hydrogen-bond acceptors (Lipinski definition) is 1. The monoisotopic (exact) mass is 366 g/mol. The first kappa shape index (κ1) is 14.5. The van der Waals surface area contributed by atoms with Crippen molar-refractivity contribution < 1.29 is 4.39 Å². The van der Waals surface area contributed by atoms with Crippen LogP contribution in [0.25, 0.3) is 16.7 Å². The van der Waals surface area contributed by atoms with E-state index < -0.39 is 0 Å². The molecule has 5 heteroatoms. The molecule has 21 heavy (non-hydrogen) atoms. The zero-order valence-corrected chi connectivity index (χ0v) is 13.7. The lowest BCUT2D eigenvalue weighted by atomic mass is 10.2. The Balaban J connectivity index is 2.36. The Bertz CT molecular complexity index is 813. The topological polar surface area (TPSA) is 17.8 Å². The average molecular weight is 368 g/mol. The van der Waals surface area contributed by atoms with Gasteiger partial charge in [-0.15, -0.1) is 11.6 Å². The van der Waals surface area contributed by atoms with E-state index >= 15 is 0 Å². The zero-order valence-electron chi connectivity index (χ0n) is 11.4. The highest BCUT2D eigenvalue weighted by Crippen LogP contribution is 2.29. The molecule has 0 unspecified atom stereocenters. The van der Waals surface area contributed by atoms with Gasteiger partial charge in [-0.2, -0.15) is 0 Å². The van der Waals surface area contributed by atoms with Crippen LogP contribution in [0.4, 0.5) is 4.39 Å². The maximum absolute atomic E-state index is 14.0. The maximum atomic E-state index is 14.0. The quantitative estimate of drug-likeness (QED) is 0.595. The Kier molecular flexibility index (Phi) is 4.00. The lowest BCUT2D eigenvalue weighted by molar-refractivity contribution is 0.637. The minimum Gasteiger partial charge on any atom is -0.295 e. The summed E-state index contributed by atoms with van der Waals surface area (Å²) in [5, 5.41) is 0. The van der Waals surface area contributed by atoms with E-state index in [0.29, 0.717) is 17.8 Å². The Morgan fingerprint density at radius 2 is 2.10 bits per heavy atom. The van der Waals surface area contributed by atoms with E-state index in [4.69, 9.17) is 11.6 Å². The molecule has 0 aliphatic rings. The summed E-state index contributed by atoms with van der Waals surface area (Å²) in [6.45, 7) is 2.02. The Morgan fingerprint density at radius 3 is 2.86 bits per heavy atom. The van der Waals surface area contributed by atoms with Crippen molar-refractivity contribution in [1.82, 2.24) is 9.55 Å². The number of rotatable bonds is 3. The van der Waals surface area contributed by atoms with Gasteiger partial charge in [0.2, 0.25) is 0 Å². The molecule has 108 valence electrons. The smallest absolute Gasteiger partial charge is 0.151 e. The molecular weight excluding hydrogens is 355 g/mol. The highest BCUT2D eigenvalue weighted by atomic mass is 79.9. The first-order valence-electron chi connectivity index (χ1n) is 6.60. The fourth-order valence-electron chi connectivity index (χ4n) is 2.43. The van der Waals surface area contributed by atoms with Crippen LogP contribution < -0.4 is 0 Å². The first-order chi connectivity index (χ1) is 10.1. The van der Waals surface area contributed by atoms with Crippen molar-refractivity contribution in [3.05, 3.63) is 58.1 Å². The summed E-state index contributed by atoms with van der Waals surface area (Å²) >= 11 is 9.44. The van der Waals surface area contributed by atoms with E-state index in [0.717, 1.165) is 27.1 Å². The normalized spacial score (nSPS) is 11.2. The average Bonchev–Trinajstić information content (AvgIpc) is 2.82. The highest BCUT2D eigenvalue weighted by molar-refractivity contribution is 9.10. The van der Waals surface area contributed by atoms with Gasteiger partial charge in [0.1, 0.15) is 11.3 Å². The number of fused-ring (bicyclic) bond motifs is 1. The van der Waals surface area contributed by atoms with E-state index in [9.17, 15) is 4.39 Å². The molecule has 1 aromatic heterocycles. The van der Waals surface area contributed by atoms with Crippen molar-refractivity contribution in [3.8, 4) is 5.69 Å². The van der Waals surface area contributed by atoms with Gasteiger partial charge in [-0.25, -0.2) is 9.37 Å². The van der Waals surface area contributed by atoms with Gasteiger partial charge in [0.05, 0.1) is 11.2 Å².